The van der Waals surface area contributed by atoms with E-state index in [9.17, 15) is 14.4 Å². The van der Waals surface area contributed by atoms with Crippen molar-refractivity contribution in [3.05, 3.63) is 35.4 Å². The van der Waals surface area contributed by atoms with Crippen LogP contribution in [0, 0.1) is 18.8 Å². The molecule has 0 radical (unpaired) electrons. The first-order chi connectivity index (χ1) is 16.5. The van der Waals surface area contributed by atoms with E-state index in [1.54, 1.807) is 11.8 Å². The van der Waals surface area contributed by atoms with Gasteiger partial charge < -0.3 is 24.3 Å². The van der Waals surface area contributed by atoms with E-state index in [1.807, 2.05) is 45.9 Å². The highest BCUT2D eigenvalue weighted by atomic mass is 16.6. The fourth-order valence-electron chi connectivity index (χ4n) is 5.51. The molecule has 0 aliphatic carbocycles. The predicted octanol–water partition coefficient (Wildman–Crippen LogP) is 3.45. The maximum absolute atomic E-state index is 13.0. The summed E-state index contributed by atoms with van der Waals surface area (Å²) in [6.45, 7) is 9.62. The number of amides is 4. The summed E-state index contributed by atoms with van der Waals surface area (Å²) in [6, 6.07) is 7.94. The molecule has 1 aromatic rings. The first-order valence-corrected chi connectivity index (χ1v) is 12.8. The van der Waals surface area contributed by atoms with Crippen LogP contribution < -0.4 is 0 Å². The number of benzene rings is 1. The molecule has 0 N–H and O–H groups in total. The molecule has 0 spiro atoms. The van der Waals surface area contributed by atoms with Crippen LogP contribution in [0.1, 0.15) is 48.5 Å². The quantitative estimate of drug-likeness (QED) is 0.678. The first-order valence-electron chi connectivity index (χ1n) is 12.8. The maximum Gasteiger partial charge on any atom is 0.409 e. The highest BCUT2D eigenvalue weighted by Gasteiger charge is 2.34. The largest absolute Gasteiger partial charge is 0.450 e. The van der Waals surface area contributed by atoms with Crippen molar-refractivity contribution in [2.75, 3.05) is 59.0 Å². The number of rotatable bonds is 3. The fourth-order valence-corrected chi connectivity index (χ4v) is 5.51. The number of aryl methyl sites for hydroxylation is 1. The summed E-state index contributed by atoms with van der Waals surface area (Å²) in [7, 11) is 0. The number of piperazine rings is 1. The Labute approximate surface area is 202 Å². The van der Waals surface area contributed by atoms with Gasteiger partial charge in [0.15, 0.2) is 0 Å². The number of ether oxygens (including phenoxy) is 1. The topological polar surface area (TPSA) is 73.4 Å². The van der Waals surface area contributed by atoms with Crippen LogP contribution in [0.3, 0.4) is 0 Å². The summed E-state index contributed by atoms with van der Waals surface area (Å²) in [4.78, 5) is 45.2. The van der Waals surface area contributed by atoms with Crippen molar-refractivity contribution >= 4 is 18.0 Å². The average Bonchev–Trinajstić information content (AvgIpc) is 2.89. The lowest BCUT2D eigenvalue weighted by Crippen LogP contribution is -2.55. The zero-order valence-electron chi connectivity index (χ0n) is 20.6. The minimum absolute atomic E-state index is 0.0977. The highest BCUT2D eigenvalue weighted by molar-refractivity contribution is 5.94. The number of likely N-dealkylation sites (tertiary alicyclic amines) is 2. The second-order valence-electron chi connectivity index (χ2n) is 9.78. The number of carbonyl (C=O) groups excluding carboxylic acids is 3. The molecule has 3 heterocycles. The van der Waals surface area contributed by atoms with Gasteiger partial charge >= 0.3 is 12.1 Å². The van der Waals surface area contributed by atoms with Crippen LogP contribution >= 0.6 is 0 Å². The summed E-state index contributed by atoms with van der Waals surface area (Å²) in [5, 5.41) is 0. The van der Waals surface area contributed by atoms with Crippen LogP contribution in [0.2, 0.25) is 0 Å². The van der Waals surface area contributed by atoms with Crippen LogP contribution in [0.4, 0.5) is 9.59 Å². The molecule has 34 heavy (non-hydrogen) atoms. The number of hydrogen-bond acceptors (Lipinski definition) is 4. The Morgan fingerprint density at radius 1 is 0.735 bits per heavy atom. The normalized spacial score (nSPS) is 20.4. The van der Waals surface area contributed by atoms with Gasteiger partial charge in [0, 0.05) is 57.9 Å². The van der Waals surface area contributed by atoms with Crippen molar-refractivity contribution in [3.8, 4) is 0 Å². The van der Waals surface area contributed by atoms with Crippen molar-refractivity contribution < 1.29 is 19.1 Å². The molecule has 0 saturated carbocycles. The summed E-state index contributed by atoms with van der Waals surface area (Å²) in [5.74, 6) is 1.40. The van der Waals surface area contributed by atoms with E-state index in [0.29, 0.717) is 44.6 Å². The molecule has 0 bridgehead atoms. The smallest absolute Gasteiger partial charge is 0.409 e. The van der Waals surface area contributed by atoms with Gasteiger partial charge in [-0.05, 0) is 63.5 Å². The third-order valence-corrected chi connectivity index (χ3v) is 7.68. The number of carbonyl (C=O) groups is 3. The van der Waals surface area contributed by atoms with Crippen LogP contribution in [0.15, 0.2) is 24.3 Å². The van der Waals surface area contributed by atoms with Crippen LogP contribution in [0.5, 0.6) is 0 Å². The fraction of sp³-hybridized carbons (Fsp3) is 0.654. The lowest BCUT2D eigenvalue weighted by molar-refractivity contribution is 0.0581. The second-order valence-corrected chi connectivity index (χ2v) is 9.78. The molecule has 3 fully saturated rings. The van der Waals surface area contributed by atoms with Crippen molar-refractivity contribution in [1.82, 2.24) is 19.6 Å². The first kappa shape index (κ1) is 24.4. The summed E-state index contributed by atoms with van der Waals surface area (Å²) < 4.78 is 5.06. The molecule has 3 aliphatic heterocycles. The van der Waals surface area contributed by atoms with Crippen molar-refractivity contribution in [1.29, 1.82) is 0 Å². The summed E-state index contributed by atoms with van der Waals surface area (Å²) in [6.07, 6.45) is 3.87. The molecule has 0 aromatic heterocycles. The summed E-state index contributed by atoms with van der Waals surface area (Å²) in [5.41, 5.74) is 1.94. The highest BCUT2D eigenvalue weighted by Crippen LogP contribution is 2.33. The van der Waals surface area contributed by atoms with Crippen LogP contribution in [-0.4, -0.2) is 96.6 Å². The van der Waals surface area contributed by atoms with E-state index in [-0.39, 0.29) is 18.0 Å². The standard InChI is InChI=1S/C26H38N4O4/c1-3-34-26(33)30-18-16-29(17-19-30)25(32)28-14-10-22(11-15-28)21-8-12-27(13-9-21)24(31)23-6-4-20(2)5-7-23/h4-7,21-22H,3,8-19H2,1-2H3. The van der Waals surface area contributed by atoms with Gasteiger partial charge in [-0.25, -0.2) is 9.59 Å². The van der Waals surface area contributed by atoms with Gasteiger partial charge in [0.2, 0.25) is 0 Å². The monoisotopic (exact) mass is 470 g/mol. The van der Waals surface area contributed by atoms with E-state index in [1.165, 1.54) is 5.56 Å². The molecule has 4 rings (SSSR count). The van der Waals surface area contributed by atoms with E-state index in [0.717, 1.165) is 57.4 Å². The number of urea groups is 1. The molecule has 1 aromatic carbocycles. The van der Waals surface area contributed by atoms with Gasteiger partial charge in [-0.2, -0.15) is 0 Å². The van der Waals surface area contributed by atoms with Gasteiger partial charge in [-0.15, -0.1) is 0 Å². The predicted molar refractivity (Wildman–Crippen MR) is 130 cm³/mol. The lowest BCUT2D eigenvalue weighted by atomic mass is 9.78. The molecule has 3 saturated heterocycles. The van der Waals surface area contributed by atoms with E-state index < -0.39 is 0 Å². The third kappa shape index (κ3) is 5.65. The minimum Gasteiger partial charge on any atom is -0.450 e. The molecule has 0 atom stereocenters. The van der Waals surface area contributed by atoms with Gasteiger partial charge in [0.1, 0.15) is 0 Å². The van der Waals surface area contributed by atoms with Gasteiger partial charge in [0.05, 0.1) is 6.61 Å². The van der Waals surface area contributed by atoms with Gasteiger partial charge in [0.25, 0.3) is 5.91 Å². The molecular weight excluding hydrogens is 432 g/mol. The molecule has 8 nitrogen and oxygen atoms in total. The zero-order valence-corrected chi connectivity index (χ0v) is 20.6. The molecule has 8 heteroatoms. The van der Waals surface area contributed by atoms with E-state index >= 15 is 0 Å². The Morgan fingerprint density at radius 3 is 1.74 bits per heavy atom. The average molecular weight is 471 g/mol. The van der Waals surface area contributed by atoms with Crippen molar-refractivity contribution in [2.45, 2.75) is 39.5 Å². The molecular formula is C26H38N4O4. The third-order valence-electron chi connectivity index (χ3n) is 7.68. The van der Waals surface area contributed by atoms with Crippen molar-refractivity contribution in [2.24, 2.45) is 11.8 Å². The number of piperidine rings is 2. The minimum atomic E-state index is -0.290. The second kappa shape index (κ2) is 11.1. The van der Waals surface area contributed by atoms with E-state index in [4.69, 9.17) is 4.74 Å². The zero-order chi connectivity index (χ0) is 24.1. The molecule has 3 aliphatic rings. The van der Waals surface area contributed by atoms with Gasteiger partial charge in [-0.1, -0.05) is 17.7 Å². The van der Waals surface area contributed by atoms with Crippen LogP contribution in [-0.2, 0) is 4.74 Å². The molecule has 4 amide bonds. The maximum atomic E-state index is 13.0. The van der Waals surface area contributed by atoms with E-state index in [2.05, 4.69) is 0 Å². The van der Waals surface area contributed by atoms with Crippen molar-refractivity contribution in [3.63, 3.8) is 0 Å². The molecule has 0 unspecified atom stereocenters. The Hall–Kier alpha value is -2.77. The Balaban J connectivity index is 1.19. The number of nitrogens with zero attached hydrogens (tertiary/aromatic N) is 4. The van der Waals surface area contributed by atoms with Gasteiger partial charge in [-0.3, -0.25) is 4.79 Å². The summed E-state index contributed by atoms with van der Waals surface area (Å²) >= 11 is 0. The number of hydrogen-bond donors (Lipinski definition) is 0. The van der Waals surface area contributed by atoms with Crippen LogP contribution in [0.25, 0.3) is 0 Å². The molecule has 186 valence electrons. The Kier molecular flexibility index (Phi) is 7.95. The Morgan fingerprint density at radius 2 is 1.21 bits per heavy atom. The lowest BCUT2D eigenvalue weighted by Gasteiger charge is -2.42. The SMILES string of the molecule is CCOC(=O)N1CCN(C(=O)N2CCC(C3CCN(C(=O)c4ccc(C)cc4)CC3)CC2)CC1. The Bertz CT molecular complexity index is 850.